The molecule has 1 aromatic carbocycles. The molecule has 0 amide bonds. The highest BCUT2D eigenvalue weighted by molar-refractivity contribution is 8.00. The first kappa shape index (κ1) is 13.3. The summed E-state index contributed by atoms with van der Waals surface area (Å²) < 4.78 is 0. The summed E-state index contributed by atoms with van der Waals surface area (Å²) in [6, 6.07) is 8.92. The molecule has 0 aromatic heterocycles. The molecule has 0 bridgehead atoms. The average Bonchev–Trinajstić information content (AvgIpc) is 2.74. The van der Waals surface area contributed by atoms with E-state index in [0.29, 0.717) is 0 Å². The van der Waals surface area contributed by atoms with Crippen LogP contribution in [0.1, 0.15) is 32.6 Å². The van der Waals surface area contributed by atoms with Gasteiger partial charge in [0.05, 0.1) is 0 Å². The summed E-state index contributed by atoms with van der Waals surface area (Å²) in [5.74, 6) is 0. The Balaban J connectivity index is 1.81. The predicted molar refractivity (Wildman–Crippen MR) is 77.0 cm³/mol. The van der Waals surface area contributed by atoms with Crippen LogP contribution in [0.3, 0.4) is 0 Å². The van der Waals surface area contributed by atoms with Gasteiger partial charge in [-0.3, -0.25) is 0 Å². The van der Waals surface area contributed by atoms with Gasteiger partial charge in [0.1, 0.15) is 0 Å². The molecule has 1 aliphatic rings. The molecular weight excluding hydrogens is 250 g/mol. The molecule has 3 heteroatoms. The molecule has 1 saturated carbocycles. The van der Waals surface area contributed by atoms with E-state index in [2.05, 4.69) is 24.4 Å². The summed E-state index contributed by atoms with van der Waals surface area (Å²) in [5.41, 5.74) is 0. The normalized spacial score (nSPS) is 24.1. The van der Waals surface area contributed by atoms with E-state index in [-0.39, 0.29) is 0 Å². The molecule has 0 heterocycles. The van der Waals surface area contributed by atoms with E-state index < -0.39 is 0 Å². The summed E-state index contributed by atoms with van der Waals surface area (Å²) >= 11 is 7.98. The predicted octanol–water partition coefficient (Wildman–Crippen LogP) is 4.35. The van der Waals surface area contributed by atoms with Crippen LogP contribution in [0.5, 0.6) is 0 Å². The molecule has 2 atom stereocenters. The Morgan fingerprint density at radius 1 is 1.41 bits per heavy atom. The van der Waals surface area contributed by atoms with Gasteiger partial charge < -0.3 is 5.32 Å². The van der Waals surface area contributed by atoms with Crippen LogP contribution in [0.4, 0.5) is 0 Å². The number of hydrogen-bond acceptors (Lipinski definition) is 2. The van der Waals surface area contributed by atoms with E-state index in [9.17, 15) is 0 Å². The van der Waals surface area contributed by atoms with Crippen molar-refractivity contribution in [1.82, 2.24) is 5.32 Å². The van der Waals surface area contributed by atoms with Gasteiger partial charge in [-0.05, 0) is 50.4 Å². The second kappa shape index (κ2) is 6.67. The minimum absolute atomic E-state index is 0.728. The molecule has 1 aliphatic carbocycles. The highest BCUT2D eigenvalue weighted by Crippen LogP contribution is 2.35. The van der Waals surface area contributed by atoms with Crippen molar-refractivity contribution in [3.63, 3.8) is 0 Å². The first-order valence-electron chi connectivity index (χ1n) is 6.43. The number of halogens is 1. The lowest BCUT2D eigenvalue weighted by Crippen LogP contribution is -2.27. The Morgan fingerprint density at radius 3 is 3.06 bits per heavy atom. The molecule has 17 heavy (non-hydrogen) atoms. The van der Waals surface area contributed by atoms with Gasteiger partial charge in [-0.25, -0.2) is 0 Å². The maximum atomic E-state index is 6.00. The molecule has 0 aliphatic heterocycles. The summed E-state index contributed by atoms with van der Waals surface area (Å²) in [5, 5.41) is 5.21. The highest BCUT2D eigenvalue weighted by atomic mass is 35.5. The summed E-state index contributed by atoms with van der Waals surface area (Å²) in [6.07, 6.45) is 5.15. The van der Waals surface area contributed by atoms with Crippen molar-refractivity contribution in [3.8, 4) is 0 Å². The van der Waals surface area contributed by atoms with Gasteiger partial charge in [-0.1, -0.05) is 24.6 Å². The van der Waals surface area contributed by atoms with Crippen molar-refractivity contribution in [3.05, 3.63) is 29.3 Å². The van der Waals surface area contributed by atoms with Crippen LogP contribution >= 0.6 is 23.4 Å². The monoisotopic (exact) mass is 269 g/mol. The first-order valence-corrected chi connectivity index (χ1v) is 7.69. The molecule has 0 radical (unpaired) electrons. The second-order valence-corrected chi connectivity index (χ2v) is 6.47. The highest BCUT2D eigenvalue weighted by Gasteiger charge is 2.24. The third kappa shape index (κ3) is 4.20. The maximum Gasteiger partial charge on any atom is 0.0417 e. The van der Waals surface area contributed by atoms with Crippen LogP contribution in [0, 0.1) is 0 Å². The third-order valence-electron chi connectivity index (χ3n) is 3.17. The van der Waals surface area contributed by atoms with Crippen LogP contribution < -0.4 is 5.32 Å². The topological polar surface area (TPSA) is 12.0 Å². The van der Waals surface area contributed by atoms with Crippen molar-refractivity contribution < 1.29 is 0 Å². The number of nitrogens with one attached hydrogen (secondary N) is 1. The Morgan fingerprint density at radius 2 is 2.29 bits per heavy atom. The molecular formula is C14H20ClNS. The van der Waals surface area contributed by atoms with Crippen molar-refractivity contribution in [2.75, 3.05) is 6.54 Å². The van der Waals surface area contributed by atoms with Gasteiger partial charge in [-0.15, -0.1) is 11.8 Å². The van der Waals surface area contributed by atoms with E-state index in [1.165, 1.54) is 30.6 Å². The van der Waals surface area contributed by atoms with E-state index in [0.717, 1.165) is 22.9 Å². The van der Waals surface area contributed by atoms with Crippen molar-refractivity contribution in [2.45, 2.75) is 48.8 Å². The lowest BCUT2D eigenvalue weighted by atomic mass is 10.2. The fourth-order valence-corrected chi connectivity index (χ4v) is 3.89. The largest absolute Gasteiger partial charge is 0.314 e. The van der Waals surface area contributed by atoms with Gasteiger partial charge in [0, 0.05) is 21.2 Å². The minimum atomic E-state index is 0.728. The number of hydrogen-bond donors (Lipinski definition) is 1. The standard InChI is InChI=1S/C14H20ClNS/c1-2-8-16-12-6-7-14(10-12)17-13-5-3-4-11(15)9-13/h3-5,9,12,14,16H,2,6-8,10H2,1H3. The van der Waals surface area contributed by atoms with Gasteiger partial charge >= 0.3 is 0 Å². The van der Waals surface area contributed by atoms with Crippen molar-refractivity contribution in [1.29, 1.82) is 0 Å². The molecule has 2 unspecified atom stereocenters. The van der Waals surface area contributed by atoms with Crippen molar-refractivity contribution >= 4 is 23.4 Å². The zero-order valence-electron chi connectivity index (χ0n) is 10.3. The summed E-state index contributed by atoms with van der Waals surface area (Å²) in [7, 11) is 0. The molecule has 1 N–H and O–H groups in total. The van der Waals surface area contributed by atoms with E-state index >= 15 is 0 Å². The van der Waals surface area contributed by atoms with Gasteiger partial charge in [0.25, 0.3) is 0 Å². The van der Waals surface area contributed by atoms with Crippen LogP contribution in [0.15, 0.2) is 29.2 Å². The van der Waals surface area contributed by atoms with Crippen LogP contribution in [-0.2, 0) is 0 Å². The molecule has 1 nitrogen and oxygen atoms in total. The SMILES string of the molecule is CCCNC1CCC(Sc2cccc(Cl)c2)C1. The maximum absolute atomic E-state index is 6.00. The van der Waals surface area contributed by atoms with Gasteiger partial charge in [-0.2, -0.15) is 0 Å². The average molecular weight is 270 g/mol. The smallest absolute Gasteiger partial charge is 0.0417 e. The van der Waals surface area contributed by atoms with Crippen LogP contribution in [0.2, 0.25) is 5.02 Å². The van der Waals surface area contributed by atoms with Gasteiger partial charge in [0.15, 0.2) is 0 Å². The van der Waals surface area contributed by atoms with Gasteiger partial charge in [0.2, 0.25) is 0 Å². The number of benzene rings is 1. The zero-order chi connectivity index (χ0) is 12.1. The fourth-order valence-electron chi connectivity index (χ4n) is 2.31. The Hall–Kier alpha value is -0.180. The second-order valence-electron chi connectivity index (χ2n) is 4.66. The fraction of sp³-hybridized carbons (Fsp3) is 0.571. The van der Waals surface area contributed by atoms with E-state index in [1.54, 1.807) is 0 Å². The molecule has 2 rings (SSSR count). The lowest BCUT2D eigenvalue weighted by Gasteiger charge is -2.12. The molecule has 94 valence electrons. The summed E-state index contributed by atoms with van der Waals surface area (Å²) in [6.45, 7) is 3.37. The quantitative estimate of drug-likeness (QED) is 0.853. The number of rotatable bonds is 5. The van der Waals surface area contributed by atoms with Crippen molar-refractivity contribution in [2.24, 2.45) is 0 Å². The summed E-state index contributed by atoms with van der Waals surface area (Å²) in [4.78, 5) is 1.30. The Kier molecular flexibility index (Phi) is 5.20. The molecule has 0 spiro atoms. The number of thioether (sulfide) groups is 1. The molecule has 0 saturated heterocycles. The minimum Gasteiger partial charge on any atom is -0.314 e. The van der Waals surface area contributed by atoms with Crippen LogP contribution in [-0.4, -0.2) is 17.8 Å². The van der Waals surface area contributed by atoms with Crippen LogP contribution in [0.25, 0.3) is 0 Å². The Labute approximate surface area is 113 Å². The first-order chi connectivity index (χ1) is 8.28. The zero-order valence-corrected chi connectivity index (χ0v) is 11.9. The third-order valence-corrected chi connectivity index (χ3v) is 4.69. The van der Waals surface area contributed by atoms with E-state index in [4.69, 9.17) is 11.6 Å². The lowest BCUT2D eigenvalue weighted by molar-refractivity contribution is 0.524. The molecule has 1 fully saturated rings. The van der Waals surface area contributed by atoms with E-state index in [1.807, 2.05) is 23.9 Å². The Bertz CT molecular complexity index is 356. The molecule has 1 aromatic rings.